The molecule has 0 fully saturated rings. The number of halogens is 2. The number of rotatable bonds is 6. The standard InChI is InChI=1S/C29H22Cl2N2O5S2/c1-2-38-29(35)24-23(19-13-7-9-15-21(19)31)25(40(36,37)18-11-4-3-5-12-18)26(32)33-27(34)22(39-28(24)33)16-17-10-6-8-14-20(17)30/h3-16,23H,2,32H2,1H3/b22-16-/t23-/m1/s1. The van der Waals surface area contributed by atoms with Crippen LogP contribution in [0.1, 0.15) is 24.0 Å². The number of benzene rings is 3. The Kier molecular flexibility index (Phi) is 7.74. The van der Waals surface area contributed by atoms with E-state index in [9.17, 15) is 18.0 Å². The predicted octanol–water partition coefficient (Wildman–Crippen LogP) is 4.12. The van der Waals surface area contributed by atoms with Crippen molar-refractivity contribution in [3.63, 3.8) is 0 Å². The minimum atomic E-state index is -4.34. The lowest BCUT2D eigenvalue weighted by Gasteiger charge is -2.28. The van der Waals surface area contributed by atoms with Crippen LogP contribution in [0, 0.1) is 0 Å². The van der Waals surface area contributed by atoms with Crippen LogP contribution in [-0.2, 0) is 19.4 Å². The summed E-state index contributed by atoms with van der Waals surface area (Å²) in [6.07, 6.45) is 1.58. The minimum Gasteiger partial charge on any atom is -0.463 e. The highest BCUT2D eigenvalue weighted by molar-refractivity contribution is 7.95. The van der Waals surface area contributed by atoms with Crippen LogP contribution in [0.3, 0.4) is 0 Å². The van der Waals surface area contributed by atoms with Gasteiger partial charge < -0.3 is 10.5 Å². The molecule has 1 atom stereocenters. The second-order valence-corrected chi connectivity index (χ2v) is 12.5. The van der Waals surface area contributed by atoms with Crippen molar-refractivity contribution in [1.82, 2.24) is 4.57 Å². The third-order valence-electron chi connectivity index (χ3n) is 6.34. The van der Waals surface area contributed by atoms with Gasteiger partial charge in [0.1, 0.15) is 15.4 Å². The molecule has 1 aliphatic heterocycles. The van der Waals surface area contributed by atoms with E-state index in [1.54, 1.807) is 79.7 Å². The van der Waals surface area contributed by atoms with Gasteiger partial charge >= 0.3 is 5.97 Å². The Morgan fingerprint density at radius 2 is 1.62 bits per heavy atom. The molecule has 1 aromatic heterocycles. The number of hydrogen-bond donors (Lipinski definition) is 1. The summed E-state index contributed by atoms with van der Waals surface area (Å²) >= 11 is 13.9. The molecule has 11 heteroatoms. The first-order valence-electron chi connectivity index (χ1n) is 12.1. The van der Waals surface area contributed by atoms with Crippen LogP contribution in [0.4, 0.5) is 0 Å². The average Bonchev–Trinajstić information content (AvgIpc) is 3.26. The van der Waals surface area contributed by atoms with Gasteiger partial charge in [-0.15, -0.1) is 11.3 Å². The van der Waals surface area contributed by atoms with Crippen LogP contribution in [0.25, 0.3) is 17.5 Å². The number of aromatic nitrogens is 1. The van der Waals surface area contributed by atoms with Crippen LogP contribution in [0.5, 0.6) is 0 Å². The molecule has 0 unspecified atom stereocenters. The van der Waals surface area contributed by atoms with E-state index in [4.69, 9.17) is 33.7 Å². The molecule has 7 nitrogen and oxygen atoms in total. The van der Waals surface area contributed by atoms with Gasteiger partial charge in [-0.1, -0.05) is 77.8 Å². The maximum atomic E-state index is 14.2. The molecule has 40 heavy (non-hydrogen) atoms. The molecule has 4 aromatic rings. The van der Waals surface area contributed by atoms with E-state index in [1.807, 2.05) is 0 Å². The van der Waals surface area contributed by atoms with Crippen LogP contribution >= 0.6 is 34.5 Å². The smallest absolute Gasteiger partial charge is 0.338 e. The molecular weight excluding hydrogens is 591 g/mol. The Hall–Kier alpha value is -3.63. The molecule has 1 aliphatic rings. The van der Waals surface area contributed by atoms with Gasteiger partial charge in [0.15, 0.2) is 0 Å². The maximum absolute atomic E-state index is 14.2. The molecule has 204 valence electrons. The number of carbonyl (C=O) groups is 1. The van der Waals surface area contributed by atoms with Crippen molar-refractivity contribution in [2.45, 2.75) is 17.7 Å². The molecule has 0 bridgehead atoms. The Labute approximate surface area is 244 Å². The maximum Gasteiger partial charge on any atom is 0.338 e. The summed E-state index contributed by atoms with van der Waals surface area (Å²) in [6.45, 7) is 1.65. The summed E-state index contributed by atoms with van der Waals surface area (Å²) in [5.74, 6) is -2.36. The highest BCUT2D eigenvalue weighted by Crippen LogP contribution is 2.44. The fraction of sp³-hybridized carbons (Fsp3) is 0.103. The van der Waals surface area contributed by atoms with Crippen molar-refractivity contribution in [3.05, 3.63) is 124 Å². The average molecular weight is 614 g/mol. The predicted molar refractivity (Wildman–Crippen MR) is 158 cm³/mol. The fourth-order valence-corrected chi connectivity index (χ4v) is 7.85. The zero-order chi connectivity index (χ0) is 28.6. The molecule has 0 radical (unpaired) electrons. The number of thiazole rings is 1. The van der Waals surface area contributed by atoms with E-state index in [-0.39, 0.29) is 42.0 Å². The summed E-state index contributed by atoms with van der Waals surface area (Å²) < 4.78 is 35.2. The van der Waals surface area contributed by atoms with Gasteiger partial charge in [-0.2, -0.15) is 0 Å². The summed E-state index contributed by atoms with van der Waals surface area (Å²) in [6, 6.07) is 21.2. The molecule has 0 aliphatic carbocycles. The lowest BCUT2D eigenvalue weighted by Crippen LogP contribution is -2.41. The van der Waals surface area contributed by atoms with Gasteiger partial charge in [0.25, 0.3) is 5.56 Å². The molecule has 0 saturated carbocycles. The number of fused-ring (bicyclic) bond motifs is 1. The molecule has 0 spiro atoms. The SMILES string of the molecule is CCOC(=O)C1=c2s/c(=C\c3ccccc3Cl)c(=O)n2C(N)=C(S(=O)(=O)c2ccccc2)[C@@H]1c1ccccc1Cl. The van der Waals surface area contributed by atoms with Gasteiger partial charge in [0.2, 0.25) is 9.84 Å². The lowest BCUT2D eigenvalue weighted by atomic mass is 9.89. The van der Waals surface area contributed by atoms with E-state index in [1.165, 1.54) is 12.1 Å². The van der Waals surface area contributed by atoms with E-state index in [0.29, 0.717) is 16.1 Å². The van der Waals surface area contributed by atoms with E-state index in [2.05, 4.69) is 0 Å². The third-order valence-corrected chi connectivity index (χ3v) is 10.1. The van der Waals surface area contributed by atoms with Crippen molar-refractivity contribution in [3.8, 4) is 0 Å². The van der Waals surface area contributed by atoms with Crippen LogP contribution in [0.2, 0.25) is 10.0 Å². The van der Waals surface area contributed by atoms with E-state index in [0.717, 1.165) is 15.9 Å². The van der Waals surface area contributed by atoms with Crippen molar-refractivity contribution in [1.29, 1.82) is 0 Å². The first kappa shape index (κ1) is 27.9. The summed E-state index contributed by atoms with van der Waals surface area (Å²) in [4.78, 5) is 27.0. The van der Waals surface area contributed by atoms with E-state index < -0.39 is 27.3 Å². The lowest BCUT2D eigenvalue weighted by molar-refractivity contribution is -0.136. The topological polar surface area (TPSA) is 108 Å². The van der Waals surface area contributed by atoms with Crippen molar-refractivity contribution in [2.24, 2.45) is 5.73 Å². The number of allylic oxidation sites excluding steroid dienone is 1. The number of ether oxygens (including phenoxy) is 1. The molecule has 2 heterocycles. The van der Waals surface area contributed by atoms with Gasteiger partial charge in [-0.05, 0) is 48.4 Å². The summed E-state index contributed by atoms with van der Waals surface area (Å²) in [5, 5.41) is 0.635. The molecule has 5 rings (SSSR count). The number of nitrogens with zero attached hydrogens (tertiary/aromatic N) is 1. The third kappa shape index (κ3) is 4.79. The van der Waals surface area contributed by atoms with Crippen molar-refractivity contribution >= 4 is 67.8 Å². The van der Waals surface area contributed by atoms with Gasteiger partial charge in [-0.25, -0.2) is 13.2 Å². The first-order chi connectivity index (χ1) is 19.2. The fourth-order valence-electron chi connectivity index (χ4n) is 4.57. The minimum absolute atomic E-state index is 0.0196. The molecule has 3 aromatic carbocycles. The van der Waals surface area contributed by atoms with Gasteiger partial charge in [0.05, 0.1) is 27.5 Å². The Morgan fingerprint density at radius 1 is 1.00 bits per heavy atom. The van der Waals surface area contributed by atoms with Gasteiger partial charge in [0, 0.05) is 10.0 Å². The Bertz CT molecular complexity index is 1960. The van der Waals surface area contributed by atoms with Crippen LogP contribution in [0.15, 0.2) is 93.5 Å². The second-order valence-electron chi connectivity index (χ2n) is 8.73. The zero-order valence-electron chi connectivity index (χ0n) is 21.0. The number of hydrogen-bond acceptors (Lipinski definition) is 7. The number of nitrogens with two attached hydrogens (primary N) is 1. The number of esters is 1. The number of sulfone groups is 1. The normalized spacial score (nSPS) is 15.7. The van der Waals surface area contributed by atoms with Crippen LogP contribution < -0.4 is 20.5 Å². The summed E-state index contributed by atoms with van der Waals surface area (Å²) in [5.41, 5.74) is 6.83. The highest BCUT2D eigenvalue weighted by atomic mass is 35.5. The second kappa shape index (κ2) is 11.1. The van der Waals surface area contributed by atoms with E-state index >= 15 is 0 Å². The molecule has 2 N–H and O–H groups in total. The molecular formula is C29H22Cl2N2O5S2. The Balaban J connectivity index is 1.96. The largest absolute Gasteiger partial charge is 0.463 e. The van der Waals surface area contributed by atoms with Gasteiger partial charge in [-0.3, -0.25) is 9.36 Å². The van der Waals surface area contributed by atoms with Crippen molar-refractivity contribution in [2.75, 3.05) is 6.61 Å². The zero-order valence-corrected chi connectivity index (χ0v) is 24.2. The first-order valence-corrected chi connectivity index (χ1v) is 15.2. The Morgan fingerprint density at radius 3 is 2.27 bits per heavy atom. The monoisotopic (exact) mass is 612 g/mol. The highest BCUT2D eigenvalue weighted by Gasteiger charge is 2.43. The summed E-state index contributed by atoms with van der Waals surface area (Å²) in [7, 11) is -4.34. The van der Waals surface area contributed by atoms with Crippen LogP contribution in [-0.4, -0.2) is 25.6 Å². The molecule has 0 saturated heterocycles. The molecule has 0 amide bonds. The quantitative estimate of drug-likeness (QED) is 0.328. The number of carbonyl (C=O) groups excluding carboxylic acids is 1. The van der Waals surface area contributed by atoms with Crippen molar-refractivity contribution < 1.29 is 17.9 Å².